The third-order valence-corrected chi connectivity index (χ3v) is 4.53. The molecule has 0 saturated carbocycles. The topological polar surface area (TPSA) is 55.8 Å². The van der Waals surface area contributed by atoms with Crippen LogP contribution in [0.3, 0.4) is 0 Å². The van der Waals surface area contributed by atoms with Crippen molar-refractivity contribution >= 4 is 18.0 Å². The zero-order chi connectivity index (χ0) is 21.6. The lowest BCUT2D eigenvalue weighted by Crippen LogP contribution is -2.44. The van der Waals surface area contributed by atoms with Gasteiger partial charge in [-0.05, 0) is 23.8 Å². The maximum absolute atomic E-state index is 12.9. The molecule has 158 valence electrons. The van der Waals surface area contributed by atoms with E-state index in [-0.39, 0.29) is 5.91 Å². The van der Waals surface area contributed by atoms with Crippen LogP contribution in [-0.2, 0) is 25.2 Å². The number of amides is 1. The highest BCUT2D eigenvalue weighted by Crippen LogP contribution is 2.29. The molecule has 1 fully saturated rings. The fraction of sp³-hybridized carbons (Fsp3) is 0.273. The summed E-state index contributed by atoms with van der Waals surface area (Å²) in [6.07, 6.45) is -3.12. The molecule has 30 heavy (non-hydrogen) atoms. The number of morpholine rings is 1. The number of alkyl halides is 3. The largest absolute Gasteiger partial charge is 0.444 e. The molecule has 1 aliphatic heterocycles. The minimum Gasteiger partial charge on any atom is -0.444 e. The Morgan fingerprint density at radius 1 is 1.00 bits per heavy atom. The van der Waals surface area contributed by atoms with Crippen molar-refractivity contribution < 1.29 is 32.2 Å². The number of halogens is 3. The fourth-order valence-electron chi connectivity index (χ4n) is 2.94. The molecule has 5 nitrogen and oxygen atoms in total. The molecule has 2 aromatic rings. The number of hydrogen-bond acceptors (Lipinski definition) is 4. The van der Waals surface area contributed by atoms with Gasteiger partial charge in [-0.1, -0.05) is 42.5 Å². The second kappa shape index (κ2) is 9.58. The smallest absolute Gasteiger partial charge is 0.416 e. The molecule has 0 bridgehead atoms. The summed E-state index contributed by atoms with van der Waals surface area (Å²) in [5.41, 5.74) is 0.156. The van der Waals surface area contributed by atoms with Gasteiger partial charge in [-0.25, -0.2) is 4.79 Å². The lowest BCUT2D eigenvalue weighted by molar-refractivity contribution is -0.159. The lowest BCUT2D eigenvalue weighted by atomic mass is 10.1. The van der Waals surface area contributed by atoms with Crippen LogP contribution >= 0.6 is 0 Å². The zero-order valence-corrected chi connectivity index (χ0v) is 16.0. The van der Waals surface area contributed by atoms with E-state index in [4.69, 9.17) is 9.47 Å². The summed E-state index contributed by atoms with van der Waals surface area (Å²) < 4.78 is 48.6. The minimum absolute atomic E-state index is 0.346. The number of carbonyl (C=O) groups excluding carboxylic acids is 2. The van der Waals surface area contributed by atoms with Crippen LogP contribution in [0.4, 0.5) is 13.2 Å². The first-order valence-corrected chi connectivity index (χ1v) is 9.32. The van der Waals surface area contributed by atoms with Gasteiger partial charge in [0.25, 0.3) is 5.91 Å². The summed E-state index contributed by atoms with van der Waals surface area (Å²) in [6, 6.07) is 13.0. The van der Waals surface area contributed by atoms with Crippen molar-refractivity contribution in [2.45, 2.75) is 12.3 Å². The van der Waals surface area contributed by atoms with Gasteiger partial charge in [0, 0.05) is 24.7 Å². The number of hydrogen-bond donors (Lipinski definition) is 0. The fourth-order valence-corrected chi connectivity index (χ4v) is 2.94. The zero-order valence-electron chi connectivity index (χ0n) is 16.0. The molecule has 1 saturated heterocycles. The number of carbonyl (C=O) groups is 2. The van der Waals surface area contributed by atoms with Crippen LogP contribution < -0.4 is 0 Å². The highest BCUT2D eigenvalue weighted by Gasteiger charge is 2.31. The second-order valence-corrected chi connectivity index (χ2v) is 6.62. The van der Waals surface area contributed by atoms with Gasteiger partial charge >= 0.3 is 12.1 Å². The molecule has 1 unspecified atom stereocenters. The Balaban J connectivity index is 1.71. The third kappa shape index (κ3) is 5.70. The molecule has 1 amide bonds. The monoisotopic (exact) mass is 419 g/mol. The molecule has 0 aromatic heterocycles. The van der Waals surface area contributed by atoms with E-state index in [0.29, 0.717) is 37.4 Å². The van der Waals surface area contributed by atoms with Gasteiger partial charge in [-0.15, -0.1) is 0 Å². The van der Waals surface area contributed by atoms with Crippen molar-refractivity contribution in [2.75, 3.05) is 26.3 Å². The first kappa shape index (κ1) is 21.6. The van der Waals surface area contributed by atoms with Crippen molar-refractivity contribution in [3.63, 3.8) is 0 Å². The van der Waals surface area contributed by atoms with Gasteiger partial charge in [0.15, 0.2) is 0 Å². The van der Waals surface area contributed by atoms with Gasteiger partial charge in [-0.2, -0.15) is 13.2 Å². The lowest BCUT2D eigenvalue weighted by Gasteiger charge is -2.30. The average molecular weight is 419 g/mol. The van der Waals surface area contributed by atoms with E-state index in [9.17, 15) is 22.8 Å². The molecule has 3 rings (SSSR count). The number of ether oxygens (including phenoxy) is 2. The van der Waals surface area contributed by atoms with E-state index in [1.807, 2.05) is 0 Å². The van der Waals surface area contributed by atoms with Crippen LogP contribution in [0.2, 0.25) is 0 Å². The summed E-state index contributed by atoms with van der Waals surface area (Å²) in [7, 11) is 0. The van der Waals surface area contributed by atoms with Crippen molar-refractivity contribution in [1.29, 1.82) is 0 Å². The quantitative estimate of drug-likeness (QED) is 0.546. The van der Waals surface area contributed by atoms with E-state index in [2.05, 4.69) is 0 Å². The molecule has 1 aliphatic rings. The first-order chi connectivity index (χ1) is 14.3. The second-order valence-electron chi connectivity index (χ2n) is 6.62. The molecule has 0 spiro atoms. The van der Waals surface area contributed by atoms with Crippen LogP contribution in [0, 0.1) is 0 Å². The Morgan fingerprint density at radius 2 is 1.63 bits per heavy atom. The maximum Gasteiger partial charge on any atom is 0.416 e. The number of rotatable bonds is 5. The van der Waals surface area contributed by atoms with E-state index < -0.39 is 23.8 Å². The molecule has 1 atom stereocenters. The highest BCUT2D eigenvalue weighted by molar-refractivity contribution is 5.91. The third-order valence-electron chi connectivity index (χ3n) is 4.53. The van der Waals surface area contributed by atoms with E-state index in [0.717, 1.165) is 18.2 Å². The van der Waals surface area contributed by atoms with Gasteiger partial charge in [0.1, 0.15) is 0 Å². The average Bonchev–Trinajstić information content (AvgIpc) is 2.76. The number of benzene rings is 2. The molecule has 1 heterocycles. The molecule has 0 aliphatic carbocycles. The first-order valence-electron chi connectivity index (χ1n) is 9.32. The van der Waals surface area contributed by atoms with Gasteiger partial charge < -0.3 is 14.4 Å². The van der Waals surface area contributed by atoms with Crippen LogP contribution in [-0.4, -0.2) is 43.1 Å². The number of esters is 1. The predicted molar refractivity (Wildman–Crippen MR) is 103 cm³/mol. The summed E-state index contributed by atoms with van der Waals surface area (Å²) in [5, 5.41) is 0. The van der Waals surface area contributed by atoms with E-state index in [1.165, 1.54) is 18.2 Å². The minimum atomic E-state index is -4.43. The van der Waals surface area contributed by atoms with Crippen molar-refractivity contribution in [3.05, 3.63) is 77.4 Å². The predicted octanol–water partition coefficient (Wildman–Crippen LogP) is 3.86. The standard InChI is InChI=1S/C22H20F3NO4/c23-22(24,25)18-9-6-16(7-10-18)8-11-19(27)30-20(17-4-2-1-3-5-17)21(28)26-12-14-29-15-13-26/h1-11,20H,12-15H2. The van der Waals surface area contributed by atoms with Crippen molar-refractivity contribution in [3.8, 4) is 0 Å². The number of nitrogens with zero attached hydrogens (tertiary/aromatic N) is 1. The molecule has 8 heteroatoms. The Hall–Kier alpha value is -3.13. The Morgan fingerprint density at radius 3 is 2.23 bits per heavy atom. The summed E-state index contributed by atoms with van der Waals surface area (Å²) in [5.74, 6) is -1.12. The molecule has 2 aromatic carbocycles. The normalized spacial score (nSPS) is 15.8. The van der Waals surface area contributed by atoms with Crippen LogP contribution in [0.5, 0.6) is 0 Å². The Labute approximate surface area is 171 Å². The van der Waals surface area contributed by atoms with Gasteiger partial charge in [-0.3, -0.25) is 4.79 Å². The SMILES string of the molecule is O=C(C=Cc1ccc(C(F)(F)F)cc1)OC(C(=O)N1CCOCC1)c1ccccc1. The Kier molecular flexibility index (Phi) is 6.89. The Bertz CT molecular complexity index is 889. The molecule has 0 N–H and O–H groups in total. The van der Waals surface area contributed by atoms with E-state index in [1.54, 1.807) is 35.2 Å². The summed E-state index contributed by atoms with van der Waals surface area (Å²) in [6.45, 7) is 1.63. The molecular formula is C22H20F3NO4. The highest BCUT2D eigenvalue weighted by atomic mass is 19.4. The summed E-state index contributed by atoms with van der Waals surface area (Å²) >= 11 is 0. The van der Waals surface area contributed by atoms with Gasteiger partial charge in [0.05, 0.1) is 18.8 Å². The van der Waals surface area contributed by atoms with Gasteiger partial charge in [0.2, 0.25) is 6.10 Å². The van der Waals surface area contributed by atoms with Crippen LogP contribution in [0.25, 0.3) is 6.08 Å². The van der Waals surface area contributed by atoms with Crippen LogP contribution in [0.1, 0.15) is 22.8 Å². The molecular weight excluding hydrogens is 399 g/mol. The van der Waals surface area contributed by atoms with Crippen LogP contribution in [0.15, 0.2) is 60.7 Å². The molecule has 0 radical (unpaired) electrons. The van der Waals surface area contributed by atoms with E-state index >= 15 is 0 Å². The van der Waals surface area contributed by atoms with Crippen molar-refractivity contribution in [2.24, 2.45) is 0 Å². The summed E-state index contributed by atoms with van der Waals surface area (Å²) in [4.78, 5) is 26.8. The maximum atomic E-state index is 12.9. The van der Waals surface area contributed by atoms with Crippen molar-refractivity contribution in [1.82, 2.24) is 4.90 Å².